The van der Waals surface area contributed by atoms with Crippen molar-refractivity contribution in [2.24, 2.45) is 18.9 Å². The first-order valence-corrected chi connectivity index (χ1v) is 9.28. The van der Waals surface area contributed by atoms with E-state index in [1.54, 1.807) is 11.7 Å². The molecule has 2 fully saturated rings. The van der Waals surface area contributed by atoms with Crippen molar-refractivity contribution in [3.63, 3.8) is 0 Å². The topological polar surface area (TPSA) is 73.0 Å². The predicted molar refractivity (Wildman–Crippen MR) is 94.0 cm³/mol. The minimum Gasteiger partial charge on any atom is -0.342 e. The summed E-state index contributed by atoms with van der Waals surface area (Å²) in [5, 5.41) is 4.57. The number of carbonyl (C=O) groups excluding carboxylic acids is 1. The Morgan fingerprint density at radius 3 is 2.88 bits per heavy atom. The van der Waals surface area contributed by atoms with Gasteiger partial charge in [-0.1, -0.05) is 19.3 Å². The molecule has 2 atom stereocenters. The van der Waals surface area contributed by atoms with Gasteiger partial charge in [-0.15, -0.1) is 0 Å². The van der Waals surface area contributed by atoms with E-state index in [9.17, 15) is 9.59 Å². The van der Waals surface area contributed by atoms with Gasteiger partial charge in [0.15, 0.2) is 5.65 Å². The van der Waals surface area contributed by atoms with Crippen LogP contribution < -0.4 is 5.56 Å². The number of aryl methyl sites for hydroxylation is 2. The maximum atomic E-state index is 12.6. The van der Waals surface area contributed by atoms with E-state index in [0.29, 0.717) is 29.9 Å². The molecule has 0 N–H and O–H groups in total. The van der Waals surface area contributed by atoms with Gasteiger partial charge in [-0.05, 0) is 24.7 Å². The van der Waals surface area contributed by atoms with Crippen molar-refractivity contribution >= 4 is 16.9 Å². The summed E-state index contributed by atoms with van der Waals surface area (Å²) in [6.07, 6.45) is 9.79. The monoisotopic (exact) mass is 343 g/mol. The summed E-state index contributed by atoms with van der Waals surface area (Å²) < 4.78 is 3.11. The zero-order valence-corrected chi connectivity index (χ0v) is 14.7. The van der Waals surface area contributed by atoms with Gasteiger partial charge in [0.2, 0.25) is 5.91 Å². The second-order valence-electron chi connectivity index (χ2n) is 7.43. The molecule has 1 saturated carbocycles. The molecule has 134 valence electrons. The lowest BCUT2D eigenvalue weighted by molar-refractivity contribution is -0.134. The Hall–Kier alpha value is -2.18. The molecule has 3 heterocycles. The lowest BCUT2D eigenvalue weighted by Gasteiger charge is -2.41. The van der Waals surface area contributed by atoms with Crippen LogP contribution in [0, 0.1) is 11.8 Å². The fourth-order valence-electron chi connectivity index (χ4n) is 4.43. The first-order valence-electron chi connectivity index (χ1n) is 9.28. The molecule has 2 aliphatic rings. The quantitative estimate of drug-likeness (QED) is 0.848. The smallest absolute Gasteiger partial charge is 0.264 e. The number of hydrogen-bond acceptors (Lipinski definition) is 4. The minimum atomic E-state index is -0.128. The van der Waals surface area contributed by atoms with Crippen LogP contribution in [0.2, 0.25) is 0 Å². The molecular formula is C18H25N5O2. The highest BCUT2D eigenvalue weighted by Crippen LogP contribution is 2.36. The van der Waals surface area contributed by atoms with Crippen LogP contribution >= 0.6 is 0 Å². The van der Waals surface area contributed by atoms with Gasteiger partial charge in [-0.25, -0.2) is 4.98 Å². The number of carbonyl (C=O) groups is 1. The molecule has 7 heteroatoms. The number of aromatic nitrogens is 4. The van der Waals surface area contributed by atoms with Crippen molar-refractivity contribution in [1.29, 1.82) is 0 Å². The fourth-order valence-corrected chi connectivity index (χ4v) is 4.43. The lowest BCUT2D eigenvalue weighted by atomic mass is 9.75. The first-order chi connectivity index (χ1) is 12.1. The summed E-state index contributed by atoms with van der Waals surface area (Å²) in [4.78, 5) is 31.4. The lowest BCUT2D eigenvalue weighted by Crippen LogP contribution is -2.45. The molecule has 0 aromatic carbocycles. The normalized spacial score (nSPS) is 23.6. The van der Waals surface area contributed by atoms with Gasteiger partial charge >= 0.3 is 0 Å². The van der Waals surface area contributed by atoms with Gasteiger partial charge in [0.05, 0.1) is 12.5 Å². The first kappa shape index (κ1) is 16.3. The van der Waals surface area contributed by atoms with Crippen LogP contribution in [-0.4, -0.2) is 43.2 Å². The molecule has 4 rings (SSSR count). The minimum absolute atomic E-state index is 0.128. The zero-order chi connectivity index (χ0) is 17.4. The molecule has 0 spiro atoms. The van der Waals surface area contributed by atoms with Gasteiger partial charge in [-0.3, -0.25) is 18.8 Å². The molecule has 1 saturated heterocycles. The Labute approximate surface area is 146 Å². The molecule has 1 aliphatic heterocycles. The Kier molecular flexibility index (Phi) is 4.31. The highest BCUT2D eigenvalue weighted by Gasteiger charge is 2.32. The standard InChI is InChI=1S/C18H25N5O2/c1-21-17-15(10-20-21)18(25)23(12-19-17)9-7-16(24)22-8-6-13-4-2-3-5-14(13)11-22/h10,12-14H,2-9,11H2,1H3/t13-,14-/m1/s1. The number of piperidine rings is 1. The number of nitrogens with zero attached hydrogens (tertiary/aromatic N) is 5. The van der Waals surface area contributed by atoms with Gasteiger partial charge in [0.25, 0.3) is 5.56 Å². The Bertz CT molecular complexity index is 840. The average Bonchev–Trinajstić information content (AvgIpc) is 3.02. The SMILES string of the molecule is Cn1ncc2c(=O)n(CCC(=O)N3CC[C@H]4CCCC[C@@H]4C3)cnc21. The van der Waals surface area contributed by atoms with Gasteiger partial charge < -0.3 is 4.90 Å². The van der Waals surface area contributed by atoms with Crippen LogP contribution in [-0.2, 0) is 18.4 Å². The second kappa shape index (κ2) is 6.61. The molecule has 2 aromatic rings. The van der Waals surface area contributed by atoms with E-state index < -0.39 is 0 Å². The number of amides is 1. The third-order valence-electron chi connectivity index (χ3n) is 5.93. The maximum absolute atomic E-state index is 12.6. The van der Waals surface area contributed by atoms with Crippen molar-refractivity contribution < 1.29 is 4.79 Å². The van der Waals surface area contributed by atoms with E-state index in [0.717, 1.165) is 25.4 Å². The number of likely N-dealkylation sites (tertiary alicyclic amines) is 1. The van der Waals surface area contributed by atoms with Crippen molar-refractivity contribution in [3.05, 3.63) is 22.9 Å². The summed E-state index contributed by atoms with van der Waals surface area (Å²) in [5.41, 5.74) is 0.448. The molecule has 2 aromatic heterocycles. The van der Waals surface area contributed by atoms with Crippen LogP contribution in [0.1, 0.15) is 38.5 Å². The third kappa shape index (κ3) is 3.07. The summed E-state index contributed by atoms with van der Waals surface area (Å²) >= 11 is 0. The number of fused-ring (bicyclic) bond motifs is 2. The van der Waals surface area contributed by atoms with Crippen LogP contribution in [0.4, 0.5) is 0 Å². The second-order valence-corrected chi connectivity index (χ2v) is 7.43. The Morgan fingerprint density at radius 1 is 1.24 bits per heavy atom. The van der Waals surface area contributed by atoms with E-state index in [1.165, 1.54) is 42.8 Å². The molecule has 0 radical (unpaired) electrons. The number of rotatable bonds is 3. The molecule has 0 bridgehead atoms. The van der Waals surface area contributed by atoms with E-state index in [4.69, 9.17) is 0 Å². The highest BCUT2D eigenvalue weighted by atomic mass is 16.2. The van der Waals surface area contributed by atoms with E-state index >= 15 is 0 Å². The van der Waals surface area contributed by atoms with Crippen molar-refractivity contribution in [2.75, 3.05) is 13.1 Å². The average molecular weight is 343 g/mol. The largest absolute Gasteiger partial charge is 0.342 e. The Morgan fingerprint density at radius 2 is 2.04 bits per heavy atom. The third-order valence-corrected chi connectivity index (χ3v) is 5.93. The summed E-state index contributed by atoms with van der Waals surface area (Å²) in [5.74, 6) is 1.65. The Balaban J connectivity index is 1.40. The number of hydrogen-bond donors (Lipinski definition) is 0. The summed E-state index contributed by atoms with van der Waals surface area (Å²) in [6, 6.07) is 0. The van der Waals surface area contributed by atoms with Crippen molar-refractivity contribution in [1.82, 2.24) is 24.2 Å². The van der Waals surface area contributed by atoms with Gasteiger partial charge in [0, 0.05) is 33.1 Å². The predicted octanol–water partition coefficient (Wildman–Crippen LogP) is 1.56. The zero-order valence-electron chi connectivity index (χ0n) is 14.7. The maximum Gasteiger partial charge on any atom is 0.264 e. The molecule has 0 unspecified atom stereocenters. The fraction of sp³-hybridized carbons (Fsp3) is 0.667. The summed E-state index contributed by atoms with van der Waals surface area (Å²) in [6.45, 7) is 2.15. The molecule has 25 heavy (non-hydrogen) atoms. The van der Waals surface area contributed by atoms with Gasteiger partial charge in [-0.2, -0.15) is 5.10 Å². The summed E-state index contributed by atoms with van der Waals surface area (Å²) in [7, 11) is 1.76. The van der Waals surface area contributed by atoms with E-state index in [2.05, 4.69) is 10.1 Å². The van der Waals surface area contributed by atoms with Crippen LogP contribution in [0.25, 0.3) is 11.0 Å². The van der Waals surface area contributed by atoms with Crippen LogP contribution in [0.3, 0.4) is 0 Å². The van der Waals surface area contributed by atoms with Gasteiger partial charge in [0.1, 0.15) is 5.39 Å². The molecule has 1 amide bonds. The molecule has 7 nitrogen and oxygen atoms in total. The molecular weight excluding hydrogens is 318 g/mol. The highest BCUT2D eigenvalue weighted by molar-refractivity contribution is 5.76. The van der Waals surface area contributed by atoms with Crippen LogP contribution in [0.15, 0.2) is 17.3 Å². The van der Waals surface area contributed by atoms with E-state index in [-0.39, 0.29) is 11.5 Å². The van der Waals surface area contributed by atoms with Crippen LogP contribution in [0.5, 0.6) is 0 Å². The van der Waals surface area contributed by atoms with Crippen molar-refractivity contribution in [3.8, 4) is 0 Å². The van der Waals surface area contributed by atoms with Crippen molar-refractivity contribution in [2.45, 2.75) is 45.1 Å². The molecule has 1 aliphatic carbocycles. The van der Waals surface area contributed by atoms with E-state index in [1.807, 2.05) is 4.90 Å².